The van der Waals surface area contributed by atoms with E-state index in [-0.39, 0.29) is 0 Å². The molecule has 1 aliphatic carbocycles. The van der Waals surface area contributed by atoms with Crippen LogP contribution < -0.4 is 10.2 Å². The van der Waals surface area contributed by atoms with E-state index in [9.17, 15) is 0 Å². The van der Waals surface area contributed by atoms with Gasteiger partial charge in [0, 0.05) is 31.6 Å². The van der Waals surface area contributed by atoms with Crippen LogP contribution in [0.15, 0.2) is 0 Å². The summed E-state index contributed by atoms with van der Waals surface area (Å²) >= 11 is 0. The summed E-state index contributed by atoms with van der Waals surface area (Å²) in [7, 11) is 2.17. The zero-order chi connectivity index (χ0) is 13.8. The molecule has 1 aliphatic rings. The Hall–Kier alpha value is -1.32. The van der Waals surface area contributed by atoms with Gasteiger partial charge in [-0.15, -0.1) is 0 Å². The van der Waals surface area contributed by atoms with Crippen LogP contribution in [0.2, 0.25) is 0 Å². The minimum atomic E-state index is 0.664. The van der Waals surface area contributed by atoms with Gasteiger partial charge in [-0.3, -0.25) is 0 Å². The molecule has 0 bridgehead atoms. The van der Waals surface area contributed by atoms with Crippen LogP contribution in [0.4, 0.5) is 11.6 Å². The number of nitrogens with zero attached hydrogens (tertiary/aromatic N) is 3. The van der Waals surface area contributed by atoms with Crippen molar-refractivity contribution in [3.8, 4) is 0 Å². The maximum atomic E-state index is 4.74. The first kappa shape index (κ1) is 14.1. The number of hydrogen-bond acceptors (Lipinski definition) is 4. The van der Waals surface area contributed by atoms with Crippen LogP contribution >= 0.6 is 0 Å². The molecule has 0 spiro atoms. The highest BCUT2D eigenvalue weighted by Crippen LogP contribution is 2.31. The van der Waals surface area contributed by atoms with E-state index in [4.69, 9.17) is 4.98 Å². The van der Waals surface area contributed by atoms with Crippen LogP contribution in [0.25, 0.3) is 0 Å². The highest BCUT2D eigenvalue weighted by molar-refractivity contribution is 5.59. The third-order valence-corrected chi connectivity index (χ3v) is 3.98. The zero-order valence-electron chi connectivity index (χ0n) is 12.7. The van der Waals surface area contributed by atoms with Gasteiger partial charge in [0.25, 0.3) is 0 Å². The summed E-state index contributed by atoms with van der Waals surface area (Å²) in [6.07, 6.45) is 5.92. The van der Waals surface area contributed by atoms with Gasteiger partial charge in [0.15, 0.2) is 0 Å². The van der Waals surface area contributed by atoms with Crippen molar-refractivity contribution in [2.45, 2.75) is 58.9 Å². The summed E-state index contributed by atoms with van der Waals surface area (Å²) in [6, 6.07) is 0.664. The van der Waals surface area contributed by atoms with Crippen LogP contribution in [-0.2, 0) is 6.42 Å². The molecular weight excluding hydrogens is 236 g/mol. The Bertz CT molecular complexity index is 426. The molecule has 19 heavy (non-hydrogen) atoms. The van der Waals surface area contributed by atoms with Crippen molar-refractivity contribution >= 4 is 11.6 Å². The lowest BCUT2D eigenvalue weighted by Gasteiger charge is -2.36. The maximum absolute atomic E-state index is 4.74. The van der Waals surface area contributed by atoms with E-state index in [0.29, 0.717) is 6.04 Å². The van der Waals surface area contributed by atoms with E-state index in [2.05, 4.69) is 43.0 Å². The van der Waals surface area contributed by atoms with Gasteiger partial charge in [0.1, 0.15) is 17.5 Å². The Morgan fingerprint density at radius 1 is 1.26 bits per heavy atom. The summed E-state index contributed by atoms with van der Waals surface area (Å²) in [6.45, 7) is 7.38. The number of hydrogen-bond donors (Lipinski definition) is 1. The first-order valence-corrected chi connectivity index (χ1v) is 7.51. The predicted molar refractivity (Wildman–Crippen MR) is 81.0 cm³/mol. The molecule has 4 nitrogen and oxygen atoms in total. The van der Waals surface area contributed by atoms with Gasteiger partial charge in [-0.1, -0.05) is 13.8 Å². The molecule has 1 N–H and O–H groups in total. The van der Waals surface area contributed by atoms with E-state index >= 15 is 0 Å². The molecule has 106 valence electrons. The molecular formula is C15H26N4. The molecule has 0 aromatic carbocycles. The van der Waals surface area contributed by atoms with Crippen molar-refractivity contribution in [2.75, 3.05) is 23.8 Å². The van der Waals surface area contributed by atoms with Crippen molar-refractivity contribution in [1.29, 1.82) is 0 Å². The predicted octanol–water partition coefficient (Wildman–Crippen LogP) is 3.16. The molecule has 1 fully saturated rings. The van der Waals surface area contributed by atoms with Crippen molar-refractivity contribution in [1.82, 2.24) is 9.97 Å². The quantitative estimate of drug-likeness (QED) is 0.855. The second-order valence-electron chi connectivity index (χ2n) is 5.41. The van der Waals surface area contributed by atoms with Gasteiger partial charge < -0.3 is 10.2 Å². The molecule has 1 heterocycles. The lowest BCUT2D eigenvalue weighted by Crippen LogP contribution is -2.38. The first-order valence-electron chi connectivity index (χ1n) is 7.51. The third-order valence-electron chi connectivity index (χ3n) is 3.98. The molecule has 4 heteroatoms. The van der Waals surface area contributed by atoms with E-state index in [1.165, 1.54) is 24.8 Å². The SMILES string of the molecule is CCCNc1nc(CC)nc(N(C)C2CCC2)c1C. The number of rotatable bonds is 6. The third kappa shape index (κ3) is 2.99. The topological polar surface area (TPSA) is 41.1 Å². The Morgan fingerprint density at radius 2 is 2.00 bits per heavy atom. The minimum Gasteiger partial charge on any atom is -0.370 e. The molecule has 0 radical (unpaired) electrons. The summed E-state index contributed by atoms with van der Waals surface area (Å²) in [5.41, 5.74) is 1.18. The summed E-state index contributed by atoms with van der Waals surface area (Å²) in [5, 5.41) is 3.43. The Morgan fingerprint density at radius 3 is 2.53 bits per heavy atom. The fourth-order valence-corrected chi connectivity index (χ4v) is 2.41. The summed E-state index contributed by atoms with van der Waals surface area (Å²) in [5.74, 6) is 3.05. The van der Waals surface area contributed by atoms with Crippen molar-refractivity contribution in [3.63, 3.8) is 0 Å². The average Bonchev–Trinajstić information content (AvgIpc) is 2.35. The lowest BCUT2D eigenvalue weighted by atomic mass is 9.92. The van der Waals surface area contributed by atoms with Gasteiger partial charge in [-0.25, -0.2) is 9.97 Å². The Balaban J connectivity index is 2.29. The average molecular weight is 262 g/mol. The van der Waals surface area contributed by atoms with E-state index in [1.807, 2.05) is 0 Å². The van der Waals surface area contributed by atoms with Crippen LogP contribution in [0.5, 0.6) is 0 Å². The largest absolute Gasteiger partial charge is 0.370 e. The second kappa shape index (κ2) is 6.22. The molecule has 0 aliphatic heterocycles. The highest BCUT2D eigenvalue weighted by atomic mass is 15.2. The zero-order valence-corrected chi connectivity index (χ0v) is 12.7. The molecule has 0 unspecified atom stereocenters. The number of aryl methyl sites for hydroxylation is 1. The van der Waals surface area contributed by atoms with Crippen LogP contribution in [0.3, 0.4) is 0 Å². The van der Waals surface area contributed by atoms with Crippen LogP contribution in [-0.4, -0.2) is 29.6 Å². The van der Waals surface area contributed by atoms with Crippen molar-refractivity contribution in [3.05, 3.63) is 11.4 Å². The second-order valence-corrected chi connectivity index (χ2v) is 5.41. The first-order chi connectivity index (χ1) is 9.17. The molecule has 0 saturated heterocycles. The maximum Gasteiger partial charge on any atom is 0.137 e. The van der Waals surface area contributed by atoms with Gasteiger partial charge >= 0.3 is 0 Å². The molecule has 1 aromatic rings. The molecule has 1 saturated carbocycles. The van der Waals surface area contributed by atoms with E-state index in [1.54, 1.807) is 0 Å². The van der Waals surface area contributed by atoms with Crippen LogP contribution in [0, 0.1) is 6.92 Å². The summed E-state index contributed by atoms with van der Waals surface area (Å²) < 4.78 is 0. The van der Waals surface area contributed by atoms with E-state index < -0.39 is 0 Å². The fraction of sp³-hybridized carbons (Fsp3) is 0.733. The number of nitrogens with one attached hydrogen (secondary N) is 1. The monoisotopic (exact) mass is 262 g/mol. The van der Waals surface area contributed by atoms with Crippen LogP contribution in [0.1, 0.15) is 50.9 Å². The van der Waals surface area contributed by atoms with Gasteiger partial charge in [-0.2, -0.15) is 0 Å². The summed E-state index contributed by atoms with van der Waals surface area (Å²) in [4.78, 5) is 11.7. The number of anilines is 2. The normalized spacial score (nSPS) is 15.2. The smallest absolute Gasteiger partial charge is 0.137 e. The van der Waals surface area contributed by atoms with Crippen molar-refractivity contribution in [2.24, 2.45) is 0 Å². The minimum absolute atomic E-state index is 0.664. The molecule has 0 atom stereocenters. The van der Waals surface area contributed by atoms with Gasteiger partial charge in [0.05, 0.1) is 0 Å². The Labute approximate surface area is 116 Å². The van der Waals surface area contributed by atoms with E-state index in [0.717, 1.165) is 36.8 Å². The lowest BCUT2D eigenvalue weighted by molar-refractivity contribution is 0.398. The van der Waals surface area contributed by atoms with Gasteiger partial charge in [-0.05, 0) is 32.6 Å². The highest BCUT2D eigenvalue weighted by Gasteiger charge is 2.25. The molecule has 0 amide bonds. The molecule has 1 aromatic heterocycles. The van der Waals surface area contributed by atoms with Gasteiger partial charge in [0.2, 0.25) is 0 Å². The van der Waals surface area contributed by atoms with Crippen molar-refractivity contribution < 1.29 is 0 Å². The molecule has 2 rings (SSSR count). The standard InChI is InChI=1S/C15H26N4/c1-5-10-16-14-11(3)15(18-13(6-2)17-14)19(4)12-8-7-9-12/h12H,5-10H2,1-4H3,(H,16,17,18). The fourth-order valence-electron chi connectivity index (χ4n) is 2.41. The Kier molecular flexibility index (Phi) is 4.61. The number of aromatic nitrogens is 2.